The van der Waals surface area contributed by atoms with Gasteiger partial charge in [0.2, 0.25) is 0 Å². The van der Waals surface area contributed by atoms with E-state index in [2.05, 4.69) is 5.32 Å². The molecule has 8 heavy (non-hydrogen) atoms. The van der Waals surface area contributed by atoms with Gasteiger partial charge < -0.3 is 10.1 Å². The van der Waals surface area contributed by atoms with Crippen LogP contribution in [0.5, 0.6) is 0 Å². The van der Waals surface area contributed by atoms with Crippen LogP contribution in [0, 0.1) is 0 Å². The third kappa shape index (κ3) is 1.13. The first-order valence-electron chi connectivity index (χ1n) is 2.74. The average Bonchev–Trinajstić information content (AvgIpc) is 1.67. The van der Waals surface area contributed by atoms with E-state index in [0.29, 0.717) is 12.2 Å². The zero-order chi connectivity index (χ0) is 4.69. The number of hydrogen-bond donors (Lipinski definition) is 0. The molecule has 2 bridgehead atoms. The predicted molar refractivity (Wildman–Crippen MR) is 26.4 cm³/mol. The molecule has 0 aromatic rings. The number of rotatable bonds is 0. The number of nitrogens with zero attached hydrogens (tertiary/aromatic N) is 1. The molecule has 3 heterocycles. The summed E-state index contributed by atoms with van der Waals surface area (Å²) in [5, 5.41) is 4.18. The third-order valence-corrected chi connectivity index (χ3v) is 1.58. The number of piperidine rings is 1. The van der Waals surface area contributed by atoms with Crippen molar-refractivity contribution >= 4 is 0 Å². The van der Waals surface area contributed by atoms with Gasteiger partial charge in [-0.2, -0.15) is 0 Å². The molecular weight excluding hydrogens is 179 g/mol. The third-order valence-electron chi connectivity index (χ3n) is 1.58. The van der Waals surface area contributed by atoms with E-state index < -0.39 is 0 Å². The van der Waals surface area contributed by atoms with E-state index in [0.717, 1.165) is 13.1 Å². The summed E-state index contributed by atoms with van der Waals surface area (Å²) in [6.07, 6.45) is 2.29. The maximum atomic E-state index is 5.28. The second-order valence-electron chi connectivity index (χ2n) is 2.20. The Hall–Kier alpha value is 1.02. The van der Waals surface area contributed by atoms with Gasteiger partial charge in [0.05, 0.1) is 0 Å². The van der Waals surface area contributed by atoms with Crippen molar-refractivity contribution in [2.24, 2.45) is 0 Å². The zero-order valence-electron chi connectivity index (χ0n) is 4.71. The molecule has 0 aromatic carbocycles. The maximum absolute atomic E-state index is 5.28. The summed E-state index contributed by atoms with van der Waals surface area (Å²) >= 11 is 0. The van der Waals surface area contributed by atoms with Crippen LogP contribution in [0.4, 0.5) is 0 Å². The minimum Gasteiger partial charge on any atom is -0.658 e. The first-order chi connectivity index (χ1) is 3.45. The fourth-order valence-corrected chi connectivity index (χ4v) is 1.15. The molecule has 43 valence electrons. The maximum Gasteiger partial charge on any atom is 0.0415 e. The van der Waals surface area contributed by atoms with Gasteiger partial charge in [-0.15, -0.1) is 13.1 Å². The van der Waals surface area contributed by atoms with Crippen molar-refractivity contribution in [3.05, 3.63) is 5.32 Å². The SMILES string of the molecule is C1[N-]CC2CC1O2.[Y]. The molecule has 3 rings (SSSR count). The van der Waals surface area contributed by atoms with E-state index in [1.54, 1.807) is 0 Å². The van der Waals surface area contributed by atoms with Crippen LogP contribution < -0.4 is 0 Å². The molecule has 2 atom stereocenters. The summed E-state index contributed by atoms with van der Waals surface area (Å²) in [6, 6.07) is 0. The van der Waals surface area contributed by atoms with E-state index >= 15 is 0 Å². The average molecular weight is 187 g/mol. The van der Waals surface area contributed by atoms with Crippen LogP contribution in [0.3, 0.4) is 0 Å². The summed E-state index contributed by atoms with van der Waals surface area (Å²) in [4.78, 5) is 0. The van der Waals surface area contributed by atoms with Gasteiger partial charge in [0.15, 0.2) is 0 Å². The van der Waals surface area contributed by atoms with Crippen molar-refractivity contribution in [3.63, 3.8) is 0 Å². The molecule has 0 spiro atoms. The number of morpholine rings is 1. The van der Waals surface area contributed by atoms with E-state index in [4.69, 9.17) is 4.74 Å². The molecule has 0 aromatic heterocycles. The van der Waals surface area contributed by atoms with Gasteiger partial charge in [-0.05, 0) is 6.42 Å². The van der Waals surface area contributed by atoms with Gasteiger partial charge in [0.1, 0.15) is 0 Å². The molecule has 0 N–H and O–H groups in total. The molecule has 1 radical (unpaired) electrons. The van der Waals surface area contributed by atoms with E-state index in [-0.39, 0.29) is 32.7 Å². The van der Waals surface area contributed by atoms with Crippen LogP contribution in [0.1, 0.15) is 6.42 Å². The van der Waals surface area contributed by atoms with Gasteiger partial charge in [0.25, 0.3) is 0 Å². The second-order valence-corrected chi connectivity index (χ2v) is 2.20. The molecule has 0 saturated carbocycles. The second kappa shape index (κ2) is 2.74. The molecule has 0 amide bonds. The molecule has 2 unspecified atom stereocenters. The Bertz CT molecular complexity index is 69.0. The molecule has 0 aliphatic carbocycles. The van der Waals surface area contributed by atoms with Crippen LogP contribution in [-0.4, -0.2) is 25.3 Å². The summed E-state index contributed by atoms with van der Waals surface area (Å²) in [5.74, 6) is 0. The van der Waals surface area contributed by atoms with Crippen LogP contribution in [-0.2, 0) is 37.4 Å². The van der Waals surface area contributed by atoms with Gasteiger partial charge in [-0.25, -0.2) is 0 Å². The minimum atomic E-state index is 0. The summed E-state index contributed by atoms with van der Waals surface area (Å²) in [5.41, 5.74) is 0. The van der Waals surface area contributed by atoms with Crippen molar-refractivity contribution in [2.75, 3.05) is 13.1 Å². The summed E-state index contributed by atoms with van der Waals surface area (Å²) in [6.45, 7) is 1.91. The first-order valence-corrected chi connectivity index (χ1v) is 2.74. The fraction of sp³-hybridized carbons (Fsp3) is 1.00. The van der Waals surface area contributed by atoms with E-state index in [1.165, 1.54) is 6.42 Å². The smallest absolute Gasteiger partial charge is 0.0415 e. The quantitative estimate of drug-likeness (QED) is 0.542. The van der Waals surface area contributed by atoms with E-state index in [9.17, 15) is 0 Å². The monoisotopic (exact) mass is 187 g/mol. The van der Waals surface area contributed by atoms with Crippen molar-refractivity contribution in [3.8, 4) is 0 Å². The Morgan fingerprint density at radius 2 is 1.75 bits per heavy atom. The van der Waals surface area contributed by atoms with Crippen LogP contribution >= 0.6 is 0 Å². The van der Waals surface area contributed by atoms with Crippen LogP contribution in [0.25, 0.3) is 5.32 Å². The summed E-state index contributed by atoms with van der Waals surface area (Å²) < 4.78 is 5.28. The normalized spacial score (nSPS) is 42.0. The van der Waals surface area contributed by atoms with Crippen molar-refractivity contribution in [1.29, 1.82) is 0 Å². The Labute approximate surface area is 74.2 Å². The zero-order valence-corrected chi connectivity index (χ0v) is 7.55. The number of fused-ring (bicyclic) bond motifs is 2. The molecule has 3 fully saturated rings. The van der Waals surface area contributed by atoms with Crippen LogP contribution in [0.15, 0.2) is 0 Å². The largest absolute Gasteiger partial charge is 0.658 e. The van der Waals surface area contributed by atoms with Crippen molar-refractivity contribution < 1.29 is 37.4 Å². The first kappa shape index (κ1) is 7.13. The Morgan fingerprint density at radius 3 is 1.88 bits per heavy atom. The van der Waals surface area contributed by atoms with Gasteiger partial charge in [-0.1, -0.05) is 0 Å². The van der Waals surface area contributed by atoms with E-state index in [1.807, 2.05) is 0 Å². The molecular formula is C5H8NOY-. The molecule has 3 aliphatic rings. The van der Waals surface area contributed by atoms with Gasteiger partial charge >= 0.3 is 0 Å². The molecule has 2 nitrogen and oxygen atoms in total. The molecule has 3 heteroatoms. The molecule has 3 aliphatic heterocycles. The van der Waals surface area contributed by atoms with Crippen molar-refractivity contribution in [2.45, 2.75) is 18.6 Å². The molecule has 3 saturated heterocycles. The Balaban J connectivity index is 0.000000320. The standard InChI is InChI=1S/C5H8NO.Y/c1-4-2-6-3-5(1)7-4;/h4-5H,1-3H2;/q-1;. The minimum absolute atomic E-state index is 0. The predicted octanol–water partition coefficient (Wildman–Crippen LogP) is 0.529. The van der Waals surface area contributed by atoms with Gasteiger partial charge in [0, 0.05) is 44.9 Å². The fourth-order valence-electron chi connectivity index (χ4n) is 1.15. The topological polar surface area (TPSA) is 23.3 Å². The number of ether oxygens (including phenoxy) is 1. The van der Waals surface area contributed by atoms with Crippen LogP contribution in [0.2, 0.25) is 0 Å². The van der Waals surface area contributed by atoms with Gasteiger partial charge in [-0.3, -0.25) is 0 Å². The Morgan fingerprint density at radius 1 is 1.25 bits per heavy atom. The number of hydrogen-bond acceptors (Lipinski definition) is 1. The Kier molecular flexibility index (Phi) is 2.44. The van der Waals surface area contributed by atoms with Crippen molar-refractivity contribution in [1.82, 2.24) is 0 Å². The summed E-state index contributed by atoms with van der Waals surface area (Å²) in [7, 11) is 0.